The third-order valence-electron chi connectivity index (χ3n) is 8.37. The molecule has 0 N–H and O–H groups in total. The molecule has 6 rings (SSSR count). The SMILES string of the molecule is Br.CN(C(=O)c1ccc(Cl)c(Cl)c1)c1ccc(Oc2ccc3cc(C(=O)N4CCN(Cc5ccc(OCCF)cc5)CC4)n(C)c3c2)nc1. The van der Waals surface area contributed by atoms with E-state index in [0.717, 1.165) is 36.1 Å². The summed E-state index contributed by atoms with van der Waals surface area (Å²) >= 11 is 12.1. The minimum atomic E-state index is -0.513. The van der Waals surface area contributed by atoms with Crippen molar-refractivity contribution in [2.75, 3.05) is 51.4 Å². The number of fused-ring (bicyclic) bond motifs is 1. The Morgan fingerprint density at radius 3 is 2.31 bits per heavy atom. The highest BCUT2D eigenvalue weighted by Gasteiger charge is 2.25. The normalized spacial score (nSPS) is 13.2. The van der Waals surface area contributed by atoms with E-state index in [-0.39, 0.29) is 35.4 Å². The van der Waals surface area contributed by atoms with E-state index in [0.29, 0.717) is 57.5 Å². The number of nitrogens with zero attached hydrogens (tertiary/aromatic N) is 5. The number of carbonyl (C=O) groups is 2. The molecule has 0 atom stereocenters. The summed E-state index contributed by atoms with van der Waals surface area (Å²) in [4.78, 5) is 36.6. The predicted octanol–water partition coefficient (Wildman–Crippen LogP) is 7.83. The van der Waals surface area contributed by atoms with Crippen LogP contribution in [-0.4, -0.2) is 77.7 Å². The third-order valence-corrected chi connectivity index (χ3v) is 9.11. The molecule has 13 heteroatoms. The standard InChI is InChI=1S/C36H34Cl2FN5O4.BrH/c1-41(35(45)26-6-11-30(37)31(38)19-26)27-7-12-34(40-22-27)48-29-10-5-25-20-33(42(2)32(25)21-29)36(46)44-16-14-43(15-17-44)23-24-3-8-28(9-4-24)47-18-13-39;/h3-12,19-22H,13-18,23H2,1-2H3;1H. The molecule has 1 aliphatic heterocycles. The highest BCUT2D eigenvalue weighted by molar-refractivity contribution is 8.93. The lowest BCUT2D eigenvalue weighted by Gasteiger charge is -2.34. The van der Waals surface area contributed by atoms with Gasteiger partial charge >= 0.3 is 0 Å². The zero-order chi connectivity index (χ0) is 33.8. The second-order valence-electron chi connectivity index (χ2n) is 11.5. The molecule has 5 aromatic rings. The third kappa shape index (κ3) is 8.36. The van der Waals surface area contributed by atoms with Crippen molar-refractivity contribution in [3.63, 3.8) is 0 Å². The van der Waals surface area contributed by atoms with Gasteiger partial charge in [0.1, 0.15) is 30.5 Å². The average molecular weight is 772 g/mol. The summed E-state index contributed by atoms with van der Waals surface area (Å²) in [6.07, 6.45) is 1.56. The van der Waals surface area contributed by atoms with Gasteiger partial charge in [0.2, 0.25) is 5.88 Å². The van der Waals surface area contributed by atoms with Crippen LogP contribution in [0.5, 0.6) is 17.4 Å². The Hall–Kier alpha value is -4.16. The molecular weight excluding hydrogens is 736 g/mol. The van der Waals surface area contributed by atoms with Crippen LogP contribution in [0.2, 0.25) is 10.0 Å². The van der Waals surface area contributed by atoms with Gasteiger partial charge in [-0.05, 0) is 60.2 Å². The number of benzene rings is 3. The number of hydrogen-bond donors (Lipinski definition) is 0. The minimum absolute atomic E-state index is 0. The summed E-state index contributed by atoms with van der Waals surface area (Å²) in [5.41, 5.74) is 3.59. The van der Waals surface area contributed by atoms with E-state index in [1.54, 1.807) is 37.5 Å². The lowest BCUT2D eigenvalue weighted by molar-refractivity contribution is 0.0619. The zero-order valence-electron chi connectivity index (χ0n) is 26.9. The Bertz CT molecular complexity index is 1930. The number of carbonyl (C=O) groups excluding carboxylic acids is 2. The first-order valence-electron chi connectivity index (χ1n) is 15.5. The van der Waals surface area contributed by atoms with Gasteiger partial charge in [0.25, 0.3) is 11.8 Å². The van der Waals surface area contributed by atoms with Crippen LogP contribution in [0, 0.1) is 0 Å². The van der Waals surface area contributed by atoms with Crippen molar-refractivity contribution in [3.8, 4) is 17.4 Å². The topological polar surface area (TPSA) is 80.1 Å². The Balaban J connectivity index is 0.00000468. The second kappa shape index (κ2) is 16.0. The Morgan fingerprint density at radius 1 is 0.898 bits per heavy atom. The van der Waals surface area contributed by atoms with E-state index < -0.39 is 6.67 Å². The monoisotopic (exact) mass is 769 g/mol. The minimum Gasteiger partial charge on any atom is -0.491 e. The van der Waals surface area contributed by atoms with Crippen LogP contribution in [0.3, 0.4) is 0 Å². The van der Waals surface area contributed by atoms with Gasteiger partial charge in [-0.2, -0.15) is 0 Å². The average Bonchev–Trinajstić information content (AvgIpc) is 3.44. The number of rotatable bonds is 10. The van der Waals surface area contributed by atoms with Crippen molar-refractivity contribution in [1.82, 2.24) is 19.4 Å². The lowest BCUT2D eigenvalue weighted by atomic mass is 10.2. The Labute approximate surface area is 304 Å². The van der Waals surface area contributed by atoms with Gasteiger partial charge in [-0.3, -0.25) is 14.5 Å². The maximum absolute atomic E-state index is 13.6. The van der Waals surface area contributed by atoms with Crippen molar-refractivity contribution < 1.29 is 23.5 Å². The molecule has 49 heavy (non-hydrogen) atoms. The first-order chi connectivity index (χ1) is 23.2. The number of anilines is 1. The van der Waals surface area contributed by atoms with Crippen LogP contribution in [0.25, 0.3) is 10.9 Å². The van der Waals surface area contributed by atoms with Crippen LogP contribution in [-0.2, 0) is 13.6 Å². The van der Waals surface area contributed by atoms with Crippen molar-refractivity contribution in [2.24, 2.45) is 7.05 Å². The van der Waals surface area contributed by atoms with Gasteiger partial charge < -0.3 is 23.8 Å². The van der Waals surface area contributed by atoms with Crippen LogP contribution in [0.1, 0.15) is 26.4 Å². The molecule has 2 aromatic heterocycles. The zero-order valence-corrected chi connectivity index (χ0v) is 30.2. The lowest BCUT2D eigenvalue weighted by Crippen LogP contribution is -2.48. The van der Waals surface area contributed by atoms with E-state index >= 15 is 0 Å². The number of halogens is 4. The number of piperazine rings is 1. The molecule has 0 saturated carbocycles. The molecule has 3 aromatic carbocycles. The second-order valence-corrected chi connectivity index (χ2v) is 12.3. The molecule has 1 saturated heterocycles. The smallest absolute Gasteiger partial charge is 0.270 e. The molecule has 9 nitrogen and oxygen atoms in total. The molecule has 0 radical (unpaired) electrons. The fourth-order valence-corrected chi connectivity index (χ4v) is 5.95. The number of ether oxygens (including phenoxy) is 2. The van der Waals surface area contributed by atoms with Crippen molar-refractivity contribution in [2.45, 2.75) is 6.54 Å². The fourth-order valence-electron chi connectivity index (χ4n) is 5.65. The van der Waals surface area contributed by atoms with Gasteiger partial charge in [0.05, 0.1) is 27.4 Å². The summed E-state index contributed by atoms with van der Waals surface area (Å²) in [6, 6.07) is 23.4. The summed E-state index contributed by atoms with van der Waals surface area (Å²) in [5.74, 6) is 1.32. The molecule has 1 aliphatic rings. The molecular formula is C36H35BrCl2FN5O4. The summed E-state index contributed by atoms with van der Waals surface area (Å²) < 4.78 is 25.6. The number of aromatic nitrogens is 2. The fraction of sp³-hybridized carbons (Fsp3) is 0.250. The number of alkyl halides is 1. The van der Waals surface area contributed by atoms with E-state index in [1.165, 1.54) is 11.0 Å². The predicted molar refractivity (Wildman–Crippen MR) is 196 cm³/mol. The number of pyridine rings is 1. The van der Waals surface area contributed by atoms with Gasteiger partial charge in [-0.25, -0.2) is 9.37 Å². The number of aryl methyl sites for hydroxylation is 1. The van der Waals surface area contributed by atoms with Gasteiger partial charge in [-0.1, -0.05) is 35.3 Å². The summed E-state index contributed by atoms with van der Waals surface area (Å²) in [5, 5.41) is 1.61. The van der Waals surface area contributed by atoms with Crippen molar-refractivity contribution >= 4 is 68.6 Å². The first kappa shape index (κ1) is 36.1. The molecule has 0 spiro atoms. The maximum Gasteiger partial charge on any atom is 0.270 e. The molecule has 2 amide bonds. The maximum atomic E-state index is 13.6. The Kier molecular flexibility index (Phi) is 11.8. The largest absolute Gasteiger partial charge is 0.491 e. The quantitative estimate of drug-likeness (QED) is 0.144. The van der Waals surface area contributed by atoms with Gasteiger partial charge in [0.15, 0.2) is 0 Å². The molecule has 0 bridgehead atoms. The van der Waals surface area contributed by atoms with Crippen LogP contribution >= 0.6 is 40.2 Å². The summed E-state index contributed by atoms with van der Waals surface area (Å²) in [6.45, 7) is 3.09. The van der Waals surface area contributed by atoms with E-state index in [1.807, 2.05) is 65.0 Å². The van der Waals surface area contributed by atoms with Gasteiger partial charge in [-0.15, -0.1) is 17.0 Å². The number of hydrogen-bond acceptors (Lipinski definition) is 6. The van der Waals surface area contributed by atoms with Crippen LogP contribution < -0.4 is 14.4 Å². The van der Waals surface area contributed by atoms with E-state index in [2.05, 4.69) is 9.88 Å². The molecule has 3 heterocycles. The van der Waals surface area contributed by atoms with Crippen LogP contribution in [0.4, 0.5) is 10.1 Å². The number of amides is 2. The molecule has 0 aliphatic carbocycles. The van der Waals surface area contributed by atoms with E-state index in [9.17, 15) is 14.0 Å². The highest BCUT2D eigenvalue weighted by atomic mass is 79.9. The Morgan fingerprint density at radius 2 is 1.63 bits per heavy atom. The van der Waals surface area contributed by atoms with Crippen molar-refractivity contribution in [3.05, 3.63) is 112 Å². The van der Waals surface area contributed by atoms with Gasteiger partial charge in [0, 0.05) is 69.9 Å². The summed E-state index contributed by atoms with van der Waals surface area (Å²) in [7, 11) is 3.53. The highest BCUT2D eigenvalue weighted by Crippen LogP contribution is 2.29. The van der Waals surface area contributed by atoms with E-state index in [4.69, 9.17) is 32.7 Å². The van der Waals surface area contributed by atoms with Crippen molar-refractivity contribution in [1.29, 1.82) is 0 Å². The molecule has 0 unspecified atom stereocenters. The molecule has 256 valence electrons. The molecule has 1 fully saturated rings. The first-order valence-corrected chi connectivity index (χ1v) is 16.2. The van der Waals surface area contributed by atoms with Crippen LogP contribution in [0.15, 0.2) is 85.1 Å².